The monoisotopic (exact) mass is 400 g/mol. The van der Waals surface area contributed by atoms with Crippen LogP contribution in [-0.2, 0) is 9.59 Å². The van der Waals surface area contributed by atoms with Crippen LogP contribution < -0.4 is 15.0 Å². The third-order valence-corrected chi connectivity index (χ3v) is 5.49. The number of rotatable bonds is 3. The van der Waals surface area contributed by atoms with E-state index < -0.39 is 17.6 Å². The highest BCUT2D eigenvalue weighted by Gasteiger charge is 2.37. The second-order valence-corrected chi connectivity index (χ2v) is 7.70. The summed E-state index contributed by atoms with van der Waals surface area (Å²) in [6.45, 7) is 4.53. The molecule has 29 heavy (non-hydrogen) atoms. The summed E-state index contributed by atoms with van der Waals surface area (Å²) in [5.74, 6) is -1.93. The lowest BCUT2D eigenvalue weighted by Gasteiger charge is -2.29. The molecule has 152 valence electrons. The minimum atomic E-state index is -0.816. The average Bonchev–Trinajstić information content (AvgIpc) is 3.04. The van der Waals surface area contributed by atoms with Gasteiger partial charge in [0.15, 0.2) is 0 Å². The molecule has 4 rings (SSSR count). The van der Waals surface area contributed by atoms with E-state index >= 15 is 0 Å². The smallest absolute Gasteiger partial charge is 0.227 e. The summed E-state index contributed by atoms with van der Waals surface area (Å²) in [5, 5.41) is 3.04. The van der Waals surface area contributed by atoms with E-state index in [4.69, 9.17) is 4.74 Å². The van der Waals surface area contributed by atoms with Gasteiger partial charge in [-0.3, -0.25) is 9.59 Å². The molecule has 1 saturated heterocycles. The van der Waals surface area contributed by atoms with Crippen molar-refractivity contribution in [2.24, 2.45) is 5.92 Å². The number of ether oxygens (including phenoxy) is 1. The third-order valence-electron chi connectivity index (χ3n) is 5.49. The van der Waals surface area contributed by atoms with Gasteiger partial charge in [-0.15, -0.1) is 0 Å². The van der Waals surface area contributed by atoms with Gasteiger partial charge in [0, 0.05) is 31.0 Å². The average molecular weight is 400 g/mol. The topological polar surface area (TPSA) is 58.6 Å². The Morgan fingerprint density at radius 3 is 2.76 bits per heavy atom. The number of hydrogen-bond donors (Lipinski definition) is 1. The number of amides is 2. The van der Waals surface area contributed by atoms with Crippen LogP contribution >= 0.6 is 0 Å². The van der Waals surface area contributed by atoms with E-state index in [1.54, 1.807) is 0 Å². The first-order valence-corrected chi connectivity index (χ1v) is 9.63. The predicted octanol–water partition coefficient (Wildman–Crippen LogP) is 3.57. The first kappa shape index (κ1) is 19.4. The highest BCUT2D eigenvalue weighted by Crippen LogP contribution is 2.36. The van der Waals surface area contributed by atoms with Gasteiger partial charge in [-0.05, 0) is 31.5 Å². The van der Waals surface area contributed by atoms with Crippen molar-refractivity contribution in [1.29, 1.82) is 0 Å². The maximum atomic E-state index is 14.1. The molecule has 2 aliphatic heterocycles. The molecule has 2 amide bonds. The molecule has 1 fully saturated rings. The number of carbonyl (C=O) groups excluding carboxylic acids is 2. The second-order valence-electron chi connectivity index (χ2n) is 7.70. The van der Waals surface area contributed by atoms with Gasteiger partial charge >= 0.3 is 0 Å². The number of fused-ring (bicyclic) bond motifs is 1. The minimum absolute atomic E-state index is 0.00522. The van der Waals surface area contributed by atoms with Crippen LogP contribution in [0, 0.1) is 31.4 Å². The Morgan fingerprint density at radius 1 is 1.21 bits per heavy atom. The quantitative estimate of drug-likeness (QED) is 0.857. The van der Waals surface area contributed by atoms with Gasteiger partial charge in [-0.25, -0.2) is 8.78 Å². The van der Waals surface area contributed by atoms with Crippen LogP contribution in [0.4, 0.5) is 14.5 Å². The molecule has 2 heterocycles. The largest absolute Gasteiger partial charge is 0.493 e. The van der Waals surface area contributed by atoms with Crippen LogP contribution in [-0.4, -0.2) is 25.0 Å². The molecule has 2 unspecified atom stereocenters. The molecule has 2 aromatic carbocycles. The fourth-order valence-electron chi connectivity index (χ4n) is 4.13. The second kappa shape index (κ2) is 7.46. The van der Waals surface area contributed by atoms with Gasteiger partial charge < -0.3 is 15.0 Å². The van der Waals surface area contributed by atoms with Crippen molar-refractivity contribution < 1.29 is 23.1 Å². The SMILES string of the molecule is Cc1cc(C)c2c(c1)C(NC(=O)C1CC(=O)N(c3ccc(F)cc3F)C1)CCO2. The fourth-order valence-corrected chi connectivity index (χ4v) is 4.13. The van der Waals surface area contributed by atoms with Gasteiger partial charge in [-0.1, -0.05) is 17.7 Å². The van der Waals surface area contributed by atoms with E-state index in [-0.39, 0.29) is 36.5 Å². The third kappa shape index (κ3) is 3.69. The summed E-state index contributed by atoms with van der Waals surface area (Å²) in [4.78, 5) is 26.5. The van der Waals surface area contributed by atoms with E-state index in [0.717, 1.165) is 34.6 Å². The molecule has 0 spiro atoms. The van der Waals surface area contributed by atoms with Gasteiger partial charge in [0.1, 0.15) is 17.4 Å². The lowest BCUT2D eigenvalue weighted by molar-refractivity contribution is -0.127. The van der Waals surface area contributed by atoms with Crippen molar-refractivity contribution in [3.8, 4) is 5.75 Å². The van der Waals surface area contributed by atoms with Crippen molar-refractivity contribution >= 4 is 17.5 Å². The lowest BCUT2D eigenvalue weighted by atomic mass is 9.95. The Bertz CT molecular complexity index is 992. The van der Waals surface area contributed by atoms with E-state index in [1.807, 2.05) is 26.0 Å². The van der Waals surface area contributed by atoms with Crippen molar-refractivity contribution in [3.05, 3.63) is 58.7 Å². The van der Waals surface area contributed by atoms with Gasteiger partial charge in [-0.2, -0.15) is 0 Å². The standard InChI is InChI=1S/C22H22F2N2O3/c1-12-7-13(2)21-16(8-12)18(5-6-29-21)25-22(28)14-9-20(27)26(11-14)19-4-3-15(23)10-17(19)24/h3-4,7-8,10,14,18H,5-6,9,11H2,1-2H3,(H,25,28). The number of nitrogens with one attached hydrogen (secondary N) is 1. The fraction of sp³-hybridized carbons (Fsp3) is 0.364. The lowest BCUT2D eigenvalue weighted by Crippen LogP contribution is -2.37. The maximum Gasteiger partial charge on any atom is 0.227 e. The number of benzene rings is 2. The molecular formula is C22H22F2N2O3. The highest BCUT2D eigenvalue weighted by atomic mass is 19.1. The Kier molecular flexibility index (Phi) is 4.98. The van der Waals surface area contributed by atoms with E-state index in [0.29, 0.717) is 13.0 Å². The minimum Gasteiger partial charge on any atom is -0.493 e. The van der Waals surface area contributed by atoms with Gasteiger partial charge in [0.2, 0.25) is 11.8 Å². The summed E-state index contributed by atoms with van der Waals surface area (Å²) in [7, 11) is 0. The molecule has 0 saturated carbocycles. The molecule has 1 N–H and O–H groups in total. The number of carbonyl (C=O) groups is 2. The van der Waals surface area contributed by atoms with E-state index in [1.165, 1.54) is 11.0 Å². The molecule has 5 nitrogen and oxygen atoms in total. The number of hydrogen-bond acceptors (Lipinski definition) is 3. The summed E-state index contributed by atoms with van der Waals surface area (Å²) >= 11 is 0. The summed E-state index contributed by atoms with van der Waals surface area (Å²) in [6, 6.07) is 6.91. The number of aryl methyl sites for hydroxylation is 2. The van der Waals surface area contributed by atoms with Gasteiger partial charge in [0.05, 0.1) is 24.3 Å². The van der Waals surface area contributed by atoms with Crippen LogP contribution in [0.2, 0.25) is 0 Å². The number of halogens is 2. The van der Waals surface area contributed by atoms with Crippen LogP contribution in [0.5, 0.6) is 5.75 Å². The molecule has 0 aliphatic carbocycles. The normalized spacial score (nSPS) is 21.0. The van der Waals surface area contributed by atoms with E-state index in [9.17, 15) is 18.4 Å². The molecule has 2 aliphatic rings. The number of nitrogens with zero attached hydrogens (tertiary/aromatic N) is 1. The molecule has 0 radical (unpaired) electrons. The van der Waals surface area contributed by atoms with E-state index in [2.05, 4.69) is 5.32 Å². The molecular weight excluding hydrogens is 378 g/mol. The van der Waals surface area contributed by atoms with Gasteiger partial charge in [0.25, 0.3) is 0 Å². The number of anilines is 1. The predicted molar refractivity (Wildman–Crippen MR) is 104 cm³/mol. The zero-order valence-electron chi connectivity index (χ0n) is 16.3. The highest BCUT2D eigenvalue weighted by molar-refractivity contribution is 6.00. The molecule has 2 atom stereocenters. The Hall–Kier alpha value is -2.96. The van der Waals surface area contributed by atoms with Crippen LogP contribution in [0.1, 0.15) is 35.6 Å². The summed E-state index contributed by atoms with van der Waals surface area (Å²) < 4.78 is 33.0. The molecule has 2 aromatic rings. The zero-order valence-corrected chi connectivity index (χ0v) is 16.3. The first-order chi connectivity index (χ1) is 13.8. The summed E-state index contributed by atoms with van der Waals surface area (Å²) in [6.07, 6.45) is 0.629. The molecule has 0 aromatic heterocycles. The molecule has 0 bridgehead atoms. The Labute approximate surface area is 167 Å². The maximum absolute atomic E-state index is 14.1. The molecule has 7 heteroatoms. The Balaban J connectivity index is 1.50. The van der Waals surface area contributed by atoms with Crippen molar-refractivity contribution in [2.45, 2.75) is 32.7 Å². The Morgan fingerprint density at radius 2 is 2.00 bits per heavy atom. The van der Waals surface area contributed by atoms with Crippen molar-refractivity contribution in [2.75, 3.05) is 18.1 Å². The zero-order chi connectivity index (χ0) is 20.7. The van der Waals surface area contributed by atoms with Crippen LogP contribution in [0.15, 0.2) is 30.3 Å². The van der Waals surface area contributed by atoms with Crippen LogP contribution in [0.3, 0.4) is 0 Å². The van der Waals surface area contributed by atoms with Crippen LogP contribution in [0.25, 0.3) is 0 Å². The summed E-state index contributed by atoms with van der Waals surface area (Å²) in [5.41, 5.74) is 3.04. The van der Waals surface area contributed by atoms with Crippen molar-refractivity contribution in [1.82, 2.24) is 5.32 Å². The van der Waals surface area contributed by atoms with Crippen molar-refractivity contribution in [3.63, 3.8) is 0 Å². The first-order valence-electron chi connectivity index (χ1n) is 9.63.